The predicted molar refractivity (Wildman–Crippen MR) is 102 cm³/mol. The maximum absolute atomic E-state index is 11.4. The van der Waals surface area contributed by atoms with Crippen molar-refractivity contribution in [3.05, 3.63) is 22.7 Å². The van der Waals surface area contributed by atoms with Crippen LogP contribution in [0.4, 0.5) is 0 Å². The number of thiocarbonyl (C=S) groups is 1. The van der Waals surface area contributed by atoms with Crippen LogP contribution >= 0.6 is 23.8 Å². The van der Waals surface area contributed by atoms with Gasteiger partial charge in [0.05, 0.1) is 24.5 Å². The molecule has 9 heteroatoms. The van der Waals surface area contributed by atoms with Crippen LogP contribution in [-0.2, 0) is 9.53 Å². The van der Waals surface area contributed by atoms with Crippen LogP contribution in [0.5, 0.6) is 11.5 Å². The number of nitrogens with one attached hydrogen (secondary N) is 2. The van der Waals surface area contributed by atoms with E-state index in [4.69, 9.17) is 38.0 Å². The monoisotopic (exact) mass is 387 g/mol. The summed E-state index contributed by atoms with van der Waals surface area (Å²) >= 11 is 11.3. The van der Waals surface area contributed by atoms with E-state index in [0.29, 0.717) is 34.6 Å². The molecule has 0 heterocycles. The van der Waals surface area contributed by atoms with Gasteiger partial charge in [-0.2, -0.15) is 5.10 Å². The Kier molecular flexibility index (Phi) is 9.64. The van der Waals surface area contributed by atoms with Crippen LogP contribution in [0.25, 0.3) is 0 Å². The molecule has 0 aromatic heterocycles. The van der Waals surface area contributed by atoms with Crippen LogP contribution in [0.3, 0.4) is 0 Å². The second-order valence-electron chi connectivity index (χ2n) is 4.59. The lowest BCUT2D eigenvalue weighted by atomic mass is 10.2. The number of hydrazone groups is 1. The Morgan fingerprint density at radius 1 is 1.28 bits per heavy atom. The van der Waals surface area contributed by atoms with Crippen LogP contribution in [0.15, 0.2) is 17.2 Å². The lowest BCUT2D eigenvalue weighted by Gasteiger charge is -2.14. The van der Waals surface area contributed by atoms with Crippen molar-refractivity contribution in [2.75, 3.05) is 26.4 Å². The van der Waals surface area contributed by atoms with Crippen molar-refractivity contribution in [1.29, 1.82) is 0 Å². The fourth-order valence-electron chi connectivity index (χ4n) is 1.76. The number of halogens is 1. The highest BCUT2D eigenvalue weighted by atomic mass is 35.5. The number of benzene rings is 1. The largest absolute Gasteiger partial charge is 0.490 e. The van der Waals surface area contributed by atoms with Crippen molar-refractivity contribution in [3.63, 3.8) is 0 Å². The van der Waals surface area contributed by atoms with Crippen LogP contribution in [0.2, 0.25) is 5.02 Å². The molecule has 0 radical (unpaired) electrons. The van der Waals surface area contributed by atoms with E-state index in [1.807, 2.05) is 13.8 Å². The molecule has 25 heavy (non-hydrogen) atoms. The Morgan fingerprint density at radius 3 is 2.68 bits per heavy atom. The van der Waals surface area contributed by atoms with E-state index in [0.717, 1.165) is 0 Å². The molecular formula is C16H22ClN3O4S. The molecule has 1 aromatic carbocycles. The first kappa shape index (κ1) is 21.0. The quantitative estimate of drug-likeness (QED) is 0.291. The van der Waals surface area contributed by atoms with Crippen molar-refractivity contribution in [1.82, 2.24) is 10.7 Å². The van der Waals surface area contributed by atoms with Crippen LogP contribution in [-0.4, -0.2) is 43.7 Å². The molecule has 1 aromatic rings. The lowest BCUT2D eigenvalue weighted by molar-refractivity contribution is -0.145. The normalized spacial score (nSPS) is 10.4. The fourth-order valence-corrected chi connectivity index (χ4v) is 2.24. The topological polar surface area (TPSA) is 81.2 Å². The summed E-state index contributed by atoms with van der Waals surface area (Å²) in [6, 6.07) is 3.35. The maximum Gasteiger partial charge on any atom is 0.344 e. The summed E-state index contributed by atoms with van der Waals surface area (Å²) in [6.07, 6.45) is 1.55. The summed E-state index contributed by atoms with van der Waals surface area (Å²) in [5, 5.41) is 7.65. The van der Waals surface area contributed by atoms with Gasteiger partial charge in [0.2, 0.25) is 0 Å². The van der Waals surface area contributed by atoms with E-state index in [2.05, 4.69) is 15.8 Å². The lowest BCUT2D eigenvalue weighted by Crippen LogP contribution is -2.31. The number of carbonyl (C=O) groups excluding carboxylic acids is 1. The molecule has 1 rings (SSSR count). The summed E-state index contributed by atoms with van der Waals surface area (Å²) in [7, 11) is 0. The van der Waals surface area contributed by atoms with Gasteiger partial charge in [0.25, 0.3) is 0 Å². The summed E-state index contributed by atoms with van der Waals surface area (Å²) in [4.78, 5) is 11.4. The highest BCUT2D eigenvalue weighted by Gasteiger charge is 2.14. The number of ether oxygens (including phenoxy) is 3. The fraction of sp³-hybridized carbons (Fsp3) is 0.438. The zero-order valence-corrected chi connectivity index (χ0v) is 16.0. The third-order valence-corrected chi connectivity index (χ3v) is 3.20. The van der Waals surface area contributed by atoms with Gasteiger partial charge in [-0.05, 0) is 50.7 Å². The van der Waals surface area contributed by atoms with Gasteiger partial charge in [-0.3, -0.25) is 5.43 Å². The van der Waals surface area contributed by atoms with E-state index in [-0.39, 0.29) is 19.0 Å². The third kappa shape index (κ3) is 7.57. The molecule has 0 aliphatic heterocycles. The number of esters is 1. The first-order valence-corrected chi connectivity index (χ1v) is 8.62. The smallest absolute Gasteiger partial charge is 0.344 e. The molecule has 0 aliphatic rings. The van der Waals surface area contributed by atoms with Crippen molar-refractivity contribution >= 4 is 41.1 Å². The Hall–Kier alpha value is -2.06. The zero-order chi connectivity index (χ0) is 18.7. The summed E-state index contributed by atoms with van der Waals surface area (Å²) < 4.78 is 15.8. The van der Waals surface area contributed by atoms with Gasteiger partial charge in [-0.1, -0.05) is 11.6 Å². The van der Waals surface area contributed by atoms with Crippen LogP contribution < -0.4 is 20.2 Å². The first-order chi connectivity index (χ1) is 12.0. The first-order valence-electron chi connectivity index (χ1n) is 7.83. The molecule has 0 aliphatic carbocycles. The molecule has 0 spiro atoms. The second-order valence-corrected chi connectivity index (χ2v) is 5.40. The molecule has 0 saturated carbocycles. The van der Waals surface area contributed by atoms with E-state index >= 15 is 0 Å². The number of carbonyl (C=O) groups is 1. The molecule has 0 amide bonds. The Balaban J connectivity index is 2.88. The third-order valence-electron chi connectivity index (χ3n) is 2.69. The average molecular weight is 388 g/mol. The second kappa shape index (κ2) is 11.5. The van der Waals surface area contributed by atoms with Gasteiger partial charge in [0.1, 0.15) is 0 Å². The molecule has 0 bridgehead atoms. The van der Waals surface area contributed by atoms with Crippen molar-refractivity contribution < 1.29 is 19.0 Å². The summed E-state index contributed by atoms with van der Waals surface area (Å²) in [6.45, 7) is 6.63. The van der Waals surface area contributed by atoms with Crippen LogP contribution in [0.1, 0.15) is 26.3 Å². The number of nitrogens with zero attached hydrogens (tertiary/aromatic N) is 1. The number of hydrogen-bond donors (Lipinski definition) is 2. The van der Waals surface area contributed by atoms with E-state index in [1.54, 1.807) is 25.3 Å². The standard InChI is InChI=1S/C16H22ClN3O4S/c1-4-18-16(25)20-19-9-11-7-12(17)15(13(8-11)22-5-2)24-10-14(21)23-6-3/h7-9H,4-6,10H2,1-3H3,(H2,18,20,25). The number of hydrogen-bond acceptors (Lipinski definition) is 6. The van der Waals surface area contributed by atoms with E-state index in [9.17, 15) is 4.79 Å². The van der Waals surface area contributed by atoms with Crippen molar-refractivity contribution in [3.8, 4) is 11.5 Å². The predicted octanol–water partition coefficient (Wildman–Crippen LogP) is 2.50. The molecule has 7 nitrogen and oxygen atoms in total. The molecule has 0 saturated heterocycles. The highest BCUT2D eigenvalue weighted by Crippen LogP contribution is 2.36. The molecule has 0 unspecified atom stereocenters. The molecule has 138 valence electrons. The van der Waals surface area contributed by atoms with Crippen molar-refractivity contribution in [2.24, 2.45) is 5.10 Å². The summed E-state index contributed by atoms with van der Waals surface area (Å²) in [5.74, 6) is 0.215. The maximum atomic E-state index is 11.4. The molecule has 2 N–H and O–H groups in total. The summed E-state index contributed by atoms with van der Waals surface area (Å²) in [5.41, 5.74) is 3.37. The molecule has 0 atom stereocenters. The minimum atomic E-state index is -0.479. The Labute approximate surface area is 157 Å². The minimum absolute atomic E-state index is 0.250. The van der Waals surface area contributed by atoms with Gasteiger partial charge in [-0.15, -0.1) is 0 Å². The zero-order valence-electron chi connectivity index (χ0n) is 14.4. The van der Waals surface area contributed by atoms with E-state index in [1.165, 1.54) is 0 Å². The molecule has 0 fully saturated rings. The molecular weight excluding hydrogens is 366 g/mol. The average Bonchev–Trinajstić information content (AvgIpc) is 2.55. The van der Waals surface area contributed by atoms with Gasteiger partial charge in [-0.25, -0.2) is 4.79 Å². The van der Waals surface area contributed by atoms with Gasteiger partial charge in [0.15, 0.2) is 23.2 Å². The Morgan fingerprint density at radius 2 is 2.04 bits per heavy atom. The SMILES string of the molecule is CCNC(=S)NN=Cc1cc(Cl)c(OCC(=O)OCC)c(OCC)c1. The van der Waals surface area contributed by atoms with Gasteiger partial charge in [0, 0.05) is 6.54 Å². The van der Waals surface area contributed by atoms with Gasteiger partial charge >= 0.3 is 5.97 Å². The van der Waals surface area contributed by atoms with Crippen molar-refractivity contribution in [2.45, 2.75) is 20.8 Å². The minimum Gasteiger partial charge on any atom is -0.490 e. The Bertz CT molecular complexity index is 626. The van der Waals surface area contributed by atoms with Gasteiger partial charge < -0.3 is 19.5 Å². The van der Waals surface area contributed by atoms with Crippen LogP contribution in [0, 0.1) is 0 Å². The number of rotatable bonds is 9. The highest BCUT2D eigenvalue weighted by molar-refractivity contribution is 7.80. The van der Waals surface area contributed by atoms with E-state index < -0.39 is 5.97 Å².